The summed E-state index contributed by atoms with van der Waals surface area (Å²) in [6, 6.07) is 12.0. The van der Waals surface area contributed by atoms with Crippen LogP contribution >= 0.6 is 0 Å². The van der Waals surface area contributed by atoms with Crippen LogP contribution in [0.1, 0.15) is 54.1 Å². The normalized spacial score (nSPS) is 15.6. The molecule has 0 spiro atoms. The number of piperidine rings is 1. The molecule has 1 aliphatic rings. The summed E-state index contributed by atoms with van der Waals surface area (Å²) in [5, 5.41) is 3.11. The SMILES string of the molecule is CCCCN1CCC(NC(=O)c2cc(S(=O)(=O)Nc3ccc(C)cc3)ccc2C)CC1. The number of nitrogens with one attached hydrogen (secondary N) is 2. The molecule has 2 N–H and O–H groups in total. The molecule has 0 aliphatic carbocycles. The van der Waals surface area contributed by atoms with E-state index < -0.39 is 10.0 Å². The second-order valence-corrected chi connectivity index (χ2v) is 10.1. The first-order valence-corrected chi connectivity index (χ1v) is 12.5. The van der Waals surface area contributed by atoms with Crippen molar-refractivity contribution in [1.29, 1.82) is 0 Å². The molecule has 1 saturated heterocycles. The molecule has 6 nitrogen and oxygen atoms in total. The minimum Gasteiger partial charge on any atom is -0.349 e. The van der Waals surface area contributed by atoms with E-state index in [9.17, 15) is 13.2 Å². The van der Waals surface area contributed by atoms with Gasteiger partial charge in [0.05, 0.1) is 4.90 Å². The molecule has 2 aromatic carbocycles. The van der Waals surface area contributed by atoms with Crippen molar-refractivity contribution in [1.82, 2.24) is 10.2 Å². The summed E-state index contributed by atoms with van der Waals surface area (Å²) in [4.78, 5) is 15.4. The molecule has 2 aromatic rings. The van der Waals surface area contributed by atoms with Gasteiger partial charge < -0.3 is 10.2 Å². The first-order valence-electron chi connectivity index (χ1n) is 11.0. The average molecular weight is 444 g/mol. The molecule has 31 heavy (non-hydrogen) atoms. The van der Waals surface area contributed by atoms with Crippen molar-refractivity contribution in [2.75, 3.05) is 24.4 Å². The fraction of sp³-hybridized carbons (Fsp3) is 0.458. The van der Waals surface area contributed by atoms with E-state index in [-0.39, 0.29) is 16.8 Å². The van der Waals surface area contributed by atoms with Crippen LogP contribution in [0.5, 0.6) is 0 Å². The van der Waals surface area contributed by atoms with Crippen LogP contribution in [0.15, 0.2) is 47.4 Å². The van der Waals surface area contributed by atoms with Gasteiger partial charge in [-0.05, 0) is 69.5 Å². The molecule has 1 fully saturated rings. The zero-order valence-corrected chi connectivity index (χ0v) is 19.5. The van der Waals surface area contributed by atoms with Crippen molar-refractivity contribution in [2.24, 2.45) is 0 Å². The summed E-state index contributed by atoms with van der Waals surface area (Å²) in [6.45, 7) is 9.05. The van der Waals surface area contributed by atoms with Gasteiger partial charge in [-0.3, -0.25) is 9.52 Å². The van der Waals surface area contributed by atoms with Gasteiger partial charge in [0.2, 0.25) is 0 Å². The molecule has 1 aliphatic heterocycles. The number of benzene rings is 2. The molecular weight excluding hydrogens is 410 g/mol. The molecule has 0 saturated carbocycles. The summed E-state index contributed by atoms with van der Waals surface area (Å²) in [7, 11) is -3.78. The highest BCUT2D eigenvalue weighted by Gasteiger charge is 2.23. The van der Waals surface area contributed by atoms with E-state index in [0.717, 1.165) is 43.6 Å². The van der Waals surface area contributed by atoms with Gasteiger partial charge in [-0.25, -0.2) is 8.42 Å². The molecule has 0 bridgehead atoms. The Morgan fingerprint density at radius 3 is 2.39 bits per heavy atom. The van der Waals surface area contributed by atoms with Gasteiger partial charge in [0, 0.05) is 30.4 Å². The maximum Gasteiger partial charge on any atom is 0.261 e. The minimum absolute atomic E-state index is 0.0817. The number of carbonyl (C=O) groups is 1. The second kappa shape index (κ2) is 10.3. The largest absolute Gasteiger partial charge is 0.349 e. The summed E-state index contributed by atoms with van der Waals surface area (Å²) in [5.41, 5.74) is 2.70. The van der Waals surface area contributed by atoms with Crippen LogP contribution in [-0.4, -0.2) is 44.9 Å². The van der Waals surface area contributed by atoms with Crippen LogP contribution in [0, 0.1) is 13.8 Å². The Hall–Kier alpha value is -2.38. The van der Waals surface area contributed by atoms with Crippen LogP contribution in [0.4, 0.5) is 5.69 Å². The summed E-state index contributed by atoms with van der Waals surface area (Å²) in [6.07, 6.45) is 4.23. The third-order valence-electron chi connectivity index (χ3n) is 5.82. The van der Waals surface area contributed by atoms with E-state index in [0.29, 0.717) is 11.3 Å². The van der Waals surface area contributed by atoms with Crippen LogP contribution in [-0.2, 0) is 10.0 Å². The maximum atomic E-state index is 12.9. The van der Waals surface area contributed by atoms with Gasteiger partial charge in [0.1, 0.15) is 0 Å². The lowest BCUT2D eigenvalue weighted by Gasteiger charge is -2.32. The Labute approximate surface area is 186 Å². The second-order valence-electron chi connectivity index (χ2n) is 8.39. The van der Waals surface area contributed by atoms with Gasteiger partial charge in [0.15, 0.2) is 0 Å². The summed E-state index contributed by atoms with van der Waals surface area (Å²) < 4.78 is 28.3. The Kier molecular flexibility index (Phi) is 7.73. The molecule has 168 valence electrons. The quantitative estimate of drug-likeness (QED) is 0.644. The Morgan fingerprint density at radius 1 is 1.06 bits per heavy atom. The van der Waals surface area contributed by atoms with Crippen molar-refractivity contribution < 1.29 is 13.2 Å². The number of nitrogens with zero attached hydrogens (tertiary/aromatic N) is 1. The van der Waals surface area contributed by atoms with E-state index in [1.165, 1.54) is 25.0 Å². The highest BCUT2D eigenvalue weighted by Crippen LogP contribution is 2.20. The number of hydrogen-bond acceptors (Lipinski definition) is 4. The van der Waals surface area contributed by atoms with Crippen molar-refractivity contribution in [3.05, 3.63) is 59.2 Å². The molecule has 0 atom stereocenters. The topological polar surface area (TPSA) is 78.5 Å². The van der Waals surface area contributed by atoms with E-state index in [1.807, 2.05) is 26.0 Å². The van der Waals surface area contributed by atoms with Crippen LogP contribution in [0.3, 0.4) is 0 Å². The number of unbranched alkanes of at least 4 members (excludes halogenated alkanes) is 1. The maximum absolute atomic E-state index is 12.9. The lowest BCUT2D eigenvalue weighted by molar-refractivity contribution is 0.0910. The van der Waals surface area contributed by atoms with Gasteiger partial charge in [-0.2, -0.15) is 0 Å². The average Bonchev–Trinajstić information content (AvgIpc) is 2.75. The summed E-state index contributed by atoms with van der Waals surface area (Å²) >= 11 is 0. The molecule has 7 heteroatoms. The zero-order valence-electron chi connectivity index (χ0n) is 18.6. The van der Waals surface area contributed by atoms with Crippen LogP contribution < -0.4 is 10.0 Å². The van der Waals surface area contributed by atoms with Crippen LogP contribution in [0.25, 0.3) is 0 Å². The number of rotatable bonds is 8. The third-order valence-corrected chi connectivity index (χ3v) is 7.20. The first kappa shape index (κ1) is 23.3. The minimum atomic E-state index is -3.78. The number of amides is 1. The number of aryl methyl sites for hydroxylation is 2. The van der Waals surface area contributed by atoms with Gasteiger partial charge in [0.25, 0.3) is 15.9 Å². The Balaban J connectivity index is 1.67. The molecule has 1 amide bonds. The van der Waals surface area contributed by atoms with Gasteiger partial charge in [-0.15, -0.1) is 0 Å². The standard InChI is InChI=1S/C24H33N3O3S/c1-4-5-14-27-15-12-20(13-16-27)25-24(28)23-17-22(11-8-19(23)3)31(29,30)26-21-9-6-18(2)7-10-21/h6-11,17,20,26H,4-5,12-16H2,1-3H3,(H,25,28). The number of sulfonamides is 1. The highest BCUT2D eigenvalue weighted by molar-refractivity contribution is 7.92. The van der Waals surface area contributed by atoms with Gasteiger partial charge in [-0.1, -0.05) is 37.1 Å². The number of hydrogen-bond donors (Lipinski definition) is 2. The van der Waals surface area contributed by atoms with E-state index in [1.54, 1.807) is 18.2 Å². The fourth-order valence-electron chi connectivity index (χ4n) is 3.79. The Morgan fingerprint density at radius 2 is 1.74 bits per heavy atom. The third kappa shape index (κ3) is 6.31. The predicted molar refractivity (Wildman–Crippen MR) is 125 cm³/mol. The van der Waals surface area contributed by atoms with Crippen molar-refractivity contribution in [3.8, 4) is 0 Å². The molecule has 3 rings (SSSR count). The van der Waals surface area contributed by atoms with Gasteiger partial charge >= 0.3 is 0 Å². The zero-order chi connectivity index (χ0) is 22.4. The van der Waals surface area contributed by atoms with Crippen molar-refractivity contribution >= 4 is 21.6 Å². The molecule has 0 aromatic heterocycles. The highest BCUT2D eigenvalue weighted by atomic mass is 32.2. The Bertz CT molecular complexity index is 995. The van der Waals surface area contributed by atoms with E-state index in [2.05, 4.69) is 21.9 Å². The lowest BCUT2D eigenvalue weighted by atomic mass is 10.0. The molecule has 0 unspecified atom stereocenters. The van der Waals surface area contributed by atoms with E-state index >= 15 is 0 Å². The lowest BCUT2D eigenvalue weighted by Crippen LogP contribution is -2.45. The number of carbonyl (C=O) groups excluding carboxylic acids is 1. The first-order chi connectivity index (χ1) is 14.8. The monoisotopic (exact) mass is 443 g/mol. The number of likely N-dealkylation sites (tertiary alicyclic amines) is 1. The van der Waals surface area contributed by atoms with Crippen LogP contribution in [0.2, 0.25) is 0 Å². The molecular formula is C24H33N3O3S. The number of anilines is 1. The molecule has 0 radical (unpaired) electrons. The summed E-state index contributed by atoms with van der Waals surface area (Å²) in [5.74, 6) is -0.211. The molecule has 1 heterocycles. The van der Waals surface area contributed by atoms with E-state index in [4.69, 9.17) is 0 Å². The van der Waals surface area contributed by atoms with Crippen molar-refractivity contribution in [2.45, 2.75) is 57.4 Å². The van der Waals surface area contributed by atoms with Crippen molar-refractivity contribution in [3.63, 3.8) is 0 Å². The predicted octanol–water partition coefficient (Wildman–Crippen LogP) is 4.10. The fourth-order valence-corrected chi connectivity index (χ4v) is 4.88. The smallest absolute Gasteiger partial charge is 0.261 e.